The van der Waals surface area contributed by atoms with Gasteiger partial charge in [0.15, 0.2) is 0 Å². The van der Waals surface area contributed by atoms with Gasteiger partial charge < -0.3 is 15.0 Å². The molecule has 1 rings (SSSR count). The van der Waals surface area contributed by atoms with Gasteiger partial charge in [-0.1, -0.05) is 0 Å². The number of carboxylic acid groups (broad SMARTS) is 1. The van der Waals surface area contributed by atoms with E-state index in [4.69, 9.17) is 5.11 Å². The molecule has 0 aliphatic rings. The summed E-state index contributed by atoms with van der Waals surface area (Å²) in [6, 6.07) is -0.335. The highest BCUT2D eigenvalue weighted by Crippen LogP contribution is 2.08. The van der Waals surface area contributed by atoms with Crippen LogP contribution in [0.1, 0.15) is 30.8 Å². The first-order chi connectivity index (χ1) is 7.56. The maximum atomic E-state index is 11.9. The fourth-order valence-corrected chi connectivity index (χ4v) is 1.55. The van der Waals surface area contributed by atoms with E-state index in [0.717, 1.165) is 0 Å². The number of hydrogen-bond acceptors (Lipinski definition) is 3. The fraction of sp³-hybridized carbons (Fsp3) is 0.500. The van der Waals surface area contributed by atoms with Gasteiger partial charge in [-0.05, 0) is 13.8 Å². The molecule has 0 saturated carbocycles. The van der Waals surface area contributed by atoms with Gasteiger partial charge in [0.1, 0.15) is 5.69 Å². The van der Waals surface area contributed by atoms with E-state index >= 15 is 0 Å². The number of nitrogens with one attached hydrogen (secondary N) is 1. The number of aliphatic carboxylic acids is 1. The third kappa shape index (κ3) is 2.82. The third-order valence-corrected chi connectivity index (χ3v) is 2.33. The van der Waals surface area contributed by atoms with Crippen LogP contribution in [-0.4, -0.2) is 44.4 Å². The van der Waals surface area contributed by atoms with Crippen LogP contribution in [0.5, 0.6) is 0 Å². The van der Waals surface area contributed by atoms with Crippen molar-refractivity contribution in [3.63, 3.8) is 0 Å². The number of nitrogens with zero attached hydrogens (tertiary/aromatic N) is 2. The number of imidazole rings is 1. The molecule has 0 saturated heterocycles. The Morgan fingerprint density at radius 3 is 2.75 bits per heavy atom. The molecule has 0 aliphatic heterocycles. The second-order valence-electron chi connectivity index (χ2n) is 3.50. The molecule has 0 spiro atoms. The molecule has 16 heavy (non-hydrogen) atoms. The molecule has 0 fully saturated rings. The summed E-state index contributed by atoms with van der Waals surface area (Å²) in [4.78, 5) is 30.5. The standard InChI is InChI=1S/C10H15N3O3/c1-3-13(7(2)4-9(14)15)10(16)8-5-11-6-12-8/h5-7H,3-4H2,1-2H3,(H,11,12)(H,14,15). The largest absolute Gasteiger partial charge is 0.481 e. The highest BCUT2D eigenvalue weighted by Gasteiger charge is 2.22. The van der Waals surface area contributed by atoms with Crippen molar-refractivity contribution in [2.24, 2.45) is 0 Å². The number of aromatic nitrogens is 2. The Morgan fingerprint density at radius 2 is 2.31 bits per heavy atom. The number of hydrogen-bond donors (Lipinski definition) is 2. The van der Waals surface area contributed by atoms with E-state index in [9.17, 15) is 9.59 Å². The lowest BCUT2D eigenvalue weighted by Gasteiger charge is -2.26. The van der Waals surface area contributed by atoms with Crippen LogP contribution in [0, 0.1) is 0 Å². The molecule has 0 aromatic carbocycles. The Morgan fingerprint density at radius 1 is 1.62 bits per heavy atom. The van der Waals surface area contributed by atoms with Crippen molar-refractivity contribution in [1.29, 1.82) is 0 Å². The monoisotopic (exact) mass is 225 g/mol. The van der Waals surface area contributed by atoms with Crippen LogP contribution in [0.2, 0.25) is 0 Å². The zero-order valence-electron chi connectivity index (χ0n) is 9.30. The highest BCUT2D eigenvalue weighted by molar-refractivity contribution is 5.92. The average molecular weight is 225 g/mol. The fourth-order valence-electron chi connectivity index (χ4n) is 1.55. The average Bonchev–Trinajstić information content (AvgIpc) is 2.69. The van der Waals surface area contributed by atoms with Gasteiger partial charge in [0, 0.05) is 12.6 Å². The van der Waals surface area contributed by atoms with Gasteiger partial charge in [-0.25, -0.2) is 4.98 Å². The van der Waals surface area contributed by atoms with Gasteiger partial charge >= 0.3 is 5.97 Å². The van der Waals surface area contributed by atoms with E-state index in [1.165, 1.54) is 17.4 Å². The molecular formula is C10H15N3O3. The van der Waals surface area contributed by atoms with E-state index < -0.39 is 5.97 Å². The molecule has 1 unspecified atom stereocenters. The van der Waals surface area contributed by atoms with Crippen LogP contribution in [0.15, 0.2) is 12.5 Å². The van der Waals surface area contributed by atoms with Crippen LogP contribution in [0.3, 0.4) is 0 Å². The summed E-state index contributed by atoms with van der Waals surface area (Å²) in [6.45, 7) is 3.99. The Balaban J connectivity index is 2.74. The van der Waals surface area contributed by atoms with E-state index in [1.807, 2.05) is 6.92 Å². The minimum absolute atomic E-state index is 0.0618. The minimum atomic E-state index is -0.914. The van der Waals surface area contributed by atoms with Gasteiger partial charge in [-0.2, -0.15) is 0 Å². The summed E-state index contributed by atoms with van der Waals surface area (Å²) in [5, 5.41) is 8.68. The van der Waals surface area contributed by atoms with Crippen molar-refractivity contribution in [3.8, 4) is 0 Å². The number of carboxylic acids is 1. The predicted octanol–water partition coefficient (Wildman–Crippen LogP) is 0.735. The van der Waals surface area contributed by atoms with Crippen LogP contribution in [0.25, 0.3) is 0 Å². The quantitative estimate of drug-likeness (QED) is 0.773. The predicted molar refractivity (Wildman–Crippen MR) is 57.0 cm³/mol. The Hall–Kier alpha value is -1.85. The Kier molecular flexibility index (Phi) is 4.04. The molecule has 2 N–H and O–H groups in total. The van der Waals surface area contributed by atoms with E-state index in [2.05, 4.69) is 9.97 Å². The second kappa shape index (κ2) is 5.29. The molecule has 1 aromatic rings. The van der Waals surface area contributed by atoms with Crippen LogP contribution in [-0.2, 0) is 4.79 Å². The van der Waals surface area contributed by atoms with E-state index in [0.29, 0.717) is 12.2 Å². The molecule has 1 heterocycles. The molecule has 88 valence electrons. The van der Waals surface area contributed by atoms with Crippen molar-refractivity contribution in [1.82, 2.24) is 14.9 Å². The lowest BCUT2D eigenvalue weighted by molar-refractivity contribution is -0.138. The van der Waals surface area contributed by atoms with Crippen LogP contribution < -0.4 is 0 Å². The molecule has 1 aromatic heterocycles. The SMILES string of the molecule is CCN(C(=O)c1cnc[nH]1)C(C)CC(=O)O. The number of rotatable bonds is 5. The van der Waals surface area contributed by atoms with E-state index in [1.54, 1.807) is 6.92 Å². The summed E-state index contributed by atoms with van der Waals surface area (Å²) >= 11 is 0. The summed E-state index contributed by atoms with van der Waals surface area (Å²) in [5.41, 5.74) is 0.374. The lowest BCUT2D eigenvalue weighted by atomic mass is 10.2. The number of amides is 1. The van der Waals surface area contributed by atoms with Crippen molar-refractivity contribution in [2.45, 2.75) is 26.3 Å². The second-order valence-corrected chi connectivity index (χ2v) is 3.50. The number of aromatic amines is 1. The summed E-state index contributed by atoms with van der Waals surface area (Å²) < 4.78 is 0. The zero-order valence-corrected chi connectivity index (χ0v) is 9.30. The van der Waals surface area contributed by atoms with Gasteiger partial charge in [0.25, 0.3) is 5.91 Å². The lowest BCUT2D eigenvalue weighted by Crippen LogP contribution is -2.39. The normalized spacial score (nSPS) is 12.1. The molecule has 1 atom stereocenters. The summed E-state index contributed by atoms with van der Waals surface area (Å²) in [6.07, 6.45) is 2.79. The topological polar surface area (TPSA) is 86.3 Å². The molecule has 0 bridgehead atoms. The third-order valence-electron chi connectivity index (χ3n) is 2.33. The van der Waals surface area contributed by atoms with Gasteiger partial charge in [-0.15, -0.1) is 0 Å². The molecule has 6 nitrogen and oxygen atoms in total. The van der Waals surface area contributed by atoms with Gasteiger partial charge in [0.05, 0.1) is 18.9 Å². The first-order valence-corrected chi connectivity index (χ1v) is 5.07. The first-order valence-electron chi connectivity index (χ1n) is 5.07. The Labute approximate surface area is 93.3 Å². The van der Waals surface area contributed by atoms with Gasteiger partial charge in [0.2, 0.25) is 0 Å². The minimum Gasteiger partial charge on any atom is -0.481 e. The van der Waals surface area contributed by atoms with E-state index in [-0.39, 0.29) is 18.4 Å². The number of carbonyl (C=O) groups excluding carboxylic acids is 1. The van der Waals surface area contributed by atoms with Crippen LogP contribution >= 0.6 is 0 Å². The molecular weight excluding hydrogens is 210 g/mol. The molecule has 0 radical (unpaired) electrons. The molecule has 6 heteroatoms. The number of carbonyl (C=O) groups is 2. The molecule has 0 aliphatic carbocycles. The Bertz CT molecular complexity index is 361. The van der Waals surface area contributed by atoms with Crippen molar-refractivity contribution in [3.05, 3.63) is 18.2 Å². The van der Waals surface area contributed by atoms with Crippen LogP contribution in [0.4, 0.5) is 0 Å². The maximum absolute atomic E-state index is 11.9. The first kappa shape index (κ1) is 12.2. The van der Waals surface area contributed by atoms with Crippen molar-refractivity contribution >= 4 is 11.9 Å². The van der Waals surface area contributed by atoms with Crippen molar-refractivity contribution < 1.29 is 14.7 Å². The smallest absolute Gasteiger partial charge is 0.305 e. The summed E-state index contributed by atoms with van der Waals surface area (Å²) in [5.74, 6) is -1.14. The van der Waals surface area contributed by atoms with Gasteiger partial charge in [-0.3, -0.25) is 9.59 Å². The highest BCUT2D eigenvalue weighted by atomic mass is 16.4. The number of H-pyrrole nitrogens is 1. The molecule has 1 amide bonds. The van der Waals surface area contributed by atoms with Crippen molar-refractivity contribution in [2.75, 3.05) is 6.54 Å². The summed E-state index contributed by atoms with van der Waals surface area (Å²) in [7, 11) is 0. The zero-order chi connectivity index (χ0) is 12.1. The maximum Gasteiger partial charge on any atom is 0.305 e.